The first-order valence-corrected chi connectivity index (χ1v) is 12.1. The molecule has 0 radical (unpaired) electrons. The number of rotatable bonds is 7. The lowest BCUT2D eigenvalue weighted by atomic mass is 9.48. The predicted octanol–water partition coefficient (Wildman–Crippen LogP) is 7.27. The van der Waals surface area contributed by atoms with Gasteiger partial charge in [-0.25, -0.2) is 0 Å². The van der Waals surface area contributed by atoms with Crippen LogP contribution in [0.4, 0.5) is 0 Å². The van der Waals surface area contributed by atoms with Gasteiger partial charge in [0, 0.05) is 28.2 Å². The van der Waals surface area contributed by atoms with E-state index in [1.807, 2.05) is 12.1 Å². The Hall–Kier alpha value is -1.22. The van der Waals surface area contributed by atoms with Crippen molar-refractivity contribution in [1.82, 2.24) is 5.32 Å². The summed E-state index contributed by atoms with van der Waals surface area (Å²) in [5.41, 5.74) is 2.80. The molecule has 1 atom stereocenters. The van der Waals surface area contributed by atoms with Gasteiger partial charge in [0.05, 0.1) is 0 Å². The van der Waals surface area contributed by atoms with E-state index in [2.05, 4.69) is 36.5 Å². The fourth-order valence-corrected chi connectivity index (χ4v) is 7.16. The van der Waals surface area contributed by atoms with Crippen LogP contribution in [0.25, 0.3) is 0 Å². The van der Waals surface area contributed by atoms with E-state index in [1.165, 1.54) is 44.1 Å². The maximum Gasteiger partial charge on any atom is 0.119 e. The molecule has 4 aliphatic carbocycles. The zero-order chi connectivity index (χ0) is 20.7. The minimum Gasteiger partial charge on any atom is -0.489 e. The van der Waals surface area contributed by atoms with Crippen LogP contribution in [0.1, 0.15) is 56.6 Å². The molecule has 2 nitrogen and oxygen atoms in total. The van der Waals surface area contributed by atoms with Crippen LogP contribution in [0.5, 0.6) is 5.75 Å². The first-order chi connectivity index (χ1) is 14.5. The Morgan fingerprint density at radius 2 is 1.60 bits per heavy atom. The number of hydrogen-bond donors (Lipinski definition) is 1. The van der Waals surface area contributed by atoms with Gasteiger partial charge in [-0.1, -0.05) is 41.4 Å². The van der Waals surface area contributed by atoms with Crippen LogP contribution >= 0.6 is 23.2 Å². The third-order valence-corrected chi connectivity index (χ3v) is 8.54. The van der Waals surface area contributed by atoms with Gasteiger partial charge in [-0.05, 0) is 98.4 Å². The lowest BCUT2D eigenvalue weighted by Crippen LogP contribution is -2.54. The number of halogens is 2. The fourth-order valence-electron chi connectivity index (χ4n) is 6.70. The van der Waals surface area contributed by atoms with Crippen molar-refractivity contribution in [2.45, 2.75) is 64.6 Å². The molecular formula is C26H31Cl2NO. The summed E-state index contributed by atoms with van der Waals surface area (Å²) in [7, 11) is 0. The monoisotopic (exact) mass is 443 g/mol. The van der Waals surface area contributed by atoms with Crippen LogP contribution in [0.15, 0.2) is 42.5 Å². The molecule has 2 aromatic rings. The number of nitrogens with one attached hydrogen (secondary N) is 1. The zero-order valence-electron chi connectivity index (χ0n) is 17.7. The summed E-state index contributed by atoms with van der Waals surface area (Å²) in [6.07, 6.45) is 8.88. The quantitative estimate of drug-likeness (QED) is 0.485. The number of hydrogen-bond acceptors (Lipinski definition) is 2. The molecule has 0 aliphatic heterocycles. The first-order valence-electron chi connectivity index (χ1n) is 11.4. The maximum absolute atomic E-state index is 6.23. The largest absolute Gasteiger partial charge is 0.489 e. The SMILES string of the molecule is C[C@H](NCc1ccc(OCc2ccc(Cl)cc2Cl)cc1)C12CC3CC(CC(C3)C1)C2. The smallest absolute Gasteiger partial charge is 0.119 e. The van der Waals surface area contributed by atoms with Crippen molar-refractivity contribution in [3.05, 3.63) is 63.6 Å². The standard InChI is InChI=1S/C26H31Cl2NO/c1-17(26-12-19-8-20(13-26)10-21(9-19)14-26)29-15-18-2-6-24(7-3-18)30-16-22-4-5-23(27)11-25(22)28/h2-7,11,17,19-21,29H,8-10,12-16H2,1H3/t17-,19?,20?,21?,26?/m0/s1. The number of ether oxygens (including phenoxy) is 1. The van der Waals surface area contributed by atoms with Crippen LogP contribution < -0.4 is 10.1 Å². The molecule has 30 heavy (non-hydrogen) atoms. The minimum atomic E-state index is 0.441. The summed E-state index contributed by atoms with van der Waals surface area (Å²) in [5.74, 6) is 3.88. The average Bonchev–Trinajstić information content (AvgIpc) is 2.71. The molecule has 160 valence electrons. The normalized spacial score (nSPS) is 30.4. The van der Waals surface area contributed by atoms with Crippen molar-refractivity contribution in [3.63, 3.8) is 0 Å². The Labute approximate surface area is 190 Å². The fraction of sp³-hybridized carbons (Fsp3) is 0.538. The van der Waals surface area contributed by atoms with Crippen LogP contribution in [0.2, 0.25) is 10.0 Å². The molecule has 4 saturated carbocycles. The van der Waals surface area contributed by atoms with E-state index in [0.717, 1.165) is 35.6 Å². The van der Waals surface area contributed by atoms with Crippen molar-refractivity contribution in [1.29, 1.82) is 0 Å². The highest BCUT2D eigenvalue weighted by Gasteiger charge is 2.52. The summed E-state index contributed by atoms with van der Waals surface area (Å²) in [4.78, 5) is 0. The number of benzene rings is 2. The van der Waals surface area contributed by atoms with E-state index < -0.39 is 0 Å². The molecule has 0 amide bonds. The molecule has 6 rings (SSSR count). The van der Waals surface area contributed by atoms with Gasteiger partial charge < -0.3 is 10.1 Å². The highest BCUT2D eigenvalue weighted by atomic mass is 35.5. The third-order valence-electron chi connectivity index (χ3n) is 7.95. The second-order valence-corrected chi connectivity index (χ2v) is 10.9. The summed E-state index contributed by atoms with van der Waals surface area (Å²) in [6.45, 7) is 3.79. The Balaban J connectivity index is 1.15. The van der Waals surface area contributed by atoms with Gasteiger partial charge in [0.15, 0.2) is 0 Å². The summed E-state index contributed by atoms with van der Waals surface area (Å²) >= 11 is 12.2. The Morgan fingerprint density at radius 1 is 0.967 bits per heavy atom. The van der Waals surface area contributed by atoms with Gasteiger partial charge in [-0.15, -0.1) is 0 Å². The van der Waals surface area contributed by atoms with E-state index in [1.54, 1.807) is 6.07 Å². The topological polar surface area (TPSA) is 21.3 Å². The first kappa shape index (κ1) is 20.7. The highest BCUT2D eigenvalue weighted by molar-refractivity contribution is 6.35. The molecule has 0 spiro atoms. The lowest BCUT2D eigenvalue weighted by Gasteiger charge is -2.59. The van der Waals surface area contributed by atoms with Crippen LogP contribution in [-0.4, -0.2) is 6.04 Å². The van der Waals surface area contributed by atoms with E-state index in [4.69, 9.17) is 27.9 Å². The van der Waals surface area contributed by atoms with Crippen LogP contribution in [0.3, 0.4) is 0 Å². The molecule has 0 saturated heterocycles. The molecule has 0 unspecified atom stereocenters. The van der Waals surface area contributed by atoms with Crippen LogP contribution in [0, 0.1) is 23.2 Å². The Morgan fingerprint density at radius 3 is 2.20 bits per heavy atom. The second-order valence-electron chi connectivity index (χ2n) is 10.1. The van der Waals surface area contributed by atoms with E-state index >= 15 is 0 Å². The molecular weight excluding hydrogens is 413 g/mol. The Bertz CT molecular complexity index is 859. The predicted molar refractivity (Wildman–Crippen MR) is 124 cm³/mol. The van der Waals surface area contributed by atoms with E-state index in [-0.39, 0.29) is 0 Å². The molecule has 2 aromatic carbocycles. The molecule has 0 heterocycles. The molecule has 4 fully saturated rings. The highest BCUT2D eigenvalue weighted by Crippen LogP contribution is 2.61. The van der Waals surface area contributed by atoms with E-state index in [9.17, 15) is 0 Å². The molecule has 4 bridgehead atoms. The van der Waals surface area contributed by atoms with Gasteiger partial charge in [0.1, 0.15) is 12.4 Å². The average molecular weight is 444 g/mol. The van der Waals surface area contributed by atoms with Gasteiger partial charge in [0.2, 0.25) is 0 Å². The van der Waals surface area contributed by atoms with E-state index in [0.29, 0.717) is 28.1 Å². The van der Waals surface area contributed by atoms with Crippen molar-refractivity contribution in [3.8, 4) is 5.75 Å². The van der Waals surface area contributed by atoms with Crippen LogP contribution in [-0.2, 0) is 13.2 Å². The van der Waals surface area contributed by atoms with Gasteiger partial charge >= 0.3 is 0 Å². The zero-order valence-corrected chi connectivity index (χ0v) is 19.2. The molecule has 4 aliphatic rings. The maximum atomic E-state index is 6.23. The molecule has 0 aromatic heterocycles. The second kappa shape index (κ2) is 8.37. The summed E-state index contributed by atoms with van der Waals surface area (Å²) in [6, 6.07) is 14.5. The van der Waals surface area contributed by atoms with Crippen molar-refractivity contribution < 1.29 is 4.74 Å². The molecule has 4 heteroatoms. The summed E-state index contributed by atoms with van der Waals surface area (Å²) < 4.78 is 5.91. The Kier molecular flexibility index (Phi) is 5.77. The summed E-state index contributed by atoms with van der Waals surface area (Å²) in [5, 5.41) is 5.16. The van der Waals surface area contributed by atoms with Crippen molar-refractivity contribution in [2.75, 3.05) is 0 Å². The van der Waals surface area contributed by atoms with Gasteiger partial charge in [-0.3, -0.25) is 0 Å². The van der Waals surface area contributed by atoms with Gasteiger partial charge in [-0.2, -0.15) is 0 Å². The molecule has 1 N–H and O–H groups in total. The minimum absolute atomic E-state index is 0.441. The van der Waals surface area contributed by atoms with Crippen molar-refractivity contribution >= 4 is 23.2 Å². The van der Waals surface area contributed by atoms with Crippen molar-refractivity contribution in [2.24, 2.45) is 23.2 Å². The lowest BCUT2D eigenvalue weighted by molar-refractivity contribution is -0.0706. The van der Waals surface area contributed by atoms with Gasteiger partial charge in [0.25, 0.3) is 0 Å². The third kappa shape index (κ3) is 4.24.